The minimum absolute atomic E-state index is 0.165. The molecule has 0 radical (unpaired) electrons. The van der Waals surface area contributed by atoms with Gasteiger partial charge in [-0.05, 0) is 49.3 Å². The summed E-state index contributed by atoms with van der Waals surface area (Å²) in [6.07, 6.45) is 6.83. The van der Waals surface area contributed by atoms with Crippen molar-refractivity contribution in [2.75, 3.05) is 5.32 Å². The van der Waals surface area contributed by atoms with E-state index in [4.69, 9.17) is 11.6 Å². The van der Waals surface area contributed by atoms with E-state index in [2.05, 4.69) is 29.1 Å². The number of aromatic nitrogens is 2. The van der Waals surface area contributed by atoms with Gasteiger partial charge in [-0.3, -0.25) is 4.79 Å². The van der Waals surface area contributed by atoms with Crippen molar-refractivity contribution in [1.82, 2.24) is 9.97 Å². The SMILES string of the molecule is CC(CC1CCC(C)C1Sc1cc(C(=O)Nc2cc(F)c(F)c(F)c2)ccc1Cl)c1ncc[nH]1. The molecule has 0 bridgehead atoms. The number of carbonyl (C=O) groups excluding carboxylic acids is 1. The molecule has 2 N–H and O–H groups in total. The Labute approximate surface area is 205 Å². The smallest absolute Gasteiger partial charge is 0.255 e. The number of hydrogen-bond acceptors (Lipinski definition) is 3. The first kappa shape index (κ1) is 24.7. The lowest BCUT2D eigenvalue weighted by Crippen LogP contribution is -2.18. The zero-order chi connectivity index (χ0) is 24.4. The lowest BCUT2D eigenvalue weighted by Gasteiger charge is -2.25. The predicted molar refractivity (Wildman–Crippen MR) is 129 cm³/mol. The summed E-state index contributed by atoms with van der Waals surface area (Å²) in [6, 6.07) is 6.37. The van der Waals surface area contributed by atoms with Crippen LogP contribution in [0.25, 0.3) is 0 Å². The van der Waals surface area contributed by atoms with E-state index in [9.17, 15) is 18.0 Å². The van der Waals surface area contributed by atoms with Crippen LogP contribution in [-0.4, -0.2) is 21.1 Å². The van der Waals surface area contributed by atoms with E-state index < -0.39 is 23.4 Å². The van der Waals surface area contributed by atoms with Crippen LogP contribution in [0.3, 0.4) is 0 Å². The Balaban J connectivity index is 1.49. The Morgan fingerprint density at radius 1 is 1.24 bits per heavy atom. The molecule has 4 atom stereocenters. The zero-order valence-corrected chi connectivity index (χ0v) is 20.3. The third kappa shape index (κ3) is 5.44. The standard InChI is InChI=1S/C25H25ClF3N3OS/c1-13-3-4-15(9-14(2)24-30-7-8-31-24)23(13)34-21-10-16(5-6-18(21)26)25(33)32-17-11-19(27)22(29)20(28)12-17/h5-8,10-15,23H,3-4,9H2,1-2H3,(H,30,31)(H,32,33). The molecule has 1 amide bonds. The number of benzene rings is 2. The summed E-state index contributed by atoms with van der Waals surface area (Å²) >= 11 is 8.14. The van der Waals surface area contributed by atoms with Gasteiger partial charge in [-0.1, -0.05) is 25.4 Å². The van der Waals surface area contributed by atoms with Gasteiger partial charge in [0.15, 0.2) is 17.5 Å². The van der Waals surface area contributed by atoms with E-state index in [0.29, 0.717) is 33.6 Å². The second kappa shape index (κ2) is 10.4. The van der Waals surface area contributed by atoms with E-state index in [1.54, 1.807) is 36.2 Å². The van der Waals surface area contributed by atoms with Gasteiger partial charge >= 0.3 is 0 Å². The van der Waals surface area contributed by atoms with Crippen LogP contribution in [0.1, 0.15) is 55.2 Å². The van der Waals surface area contributed by atoms with Crippen molar-refractivity contribution in [3.05, 3.63) is 76.6 Å². The molecule has 0 spiro atoms. The van der Waals surface area contributed by atoms with Crippen LogP contribution in [0.2, 0.25) is 5.02 Å². The molecule has 180 valence electrons. The molecule has 2 aromatic carbocycles. The number of thioether (sulfide) groups is 1. The molecule has 0 saturated heterocycles. The van der Waals surface area contributed by atoms with Crippen LogP contribution < -0.4 is 5.32 Å². The summed E-state index contributed by atoms with van der Waals surface area (Å²) in [5.74, 6) is -2.64. The van der Waals surface area contributed by atoms with Crippen LogP contribution >= 0.6 is 23.4 Å². The Bertz CT molecular complexity index is 1150. The van der Waals surface area contributed by atoms with Crippen LogP contribution in [-0.2, 0) is 0 Å². The summed E-state index contributed by atoms with van der Waals surface area (Å²) in [7, 11) is 0. The van der Waals surface area contributed by atoms with Gasteiger partial charge in [0.05, 0.1) is 5.02 Å². The maximum atomic E-state index is 13.5. The monoisotopic (exact) mass is 507 g/mol. The van der Waals surface area contributed by atoms with Gasteiger partial charge in [0.1, 0.15) is 5.82 Å². The molecule has 0 aliphatic heterocycles. The summed E-state index contributed by atoms with van der Waals surface area (Å²) in [5.41, 5.74) is 0.130. The van der Waals surface area contributed by atoms with Crippen molar-refractivity contribution in [2.45, 2.75) is 49.2 Å². The number of imidazole rings is 1. The number of nitrogens with zero attached hydrogens (tertiary/aromatic N) is 1. The minimum Gasteiger partial charge on any atom is -0.348 e. The van der Waals surface area contributed by atoms with E-state index in [1.807, 2.05) is 6.20 Å². The molecule has 34 heavy (non-hydrogen) atoms. The molecule has 3 aromatic rings. The molecule has 4 nitrogen and oxygen atoms in total. The molecule has 1 fully saturated rings. The van der Waals surface area contributed by atoms with Crippen molar-refractivity contribution in [2.24, 2.45) is 11.8 Å². The van der Waals surface area contributed by atoms with Crippen molar-refractivity contribution in [3.63, 3.8) is 0 Å². The lowest BCUT2D eigenvalue weighted by atomic mass is 9.93. The average molecular weight is 508 g/mol. The fourth-order valence-corrected chi connectivity index (χ4v) is 6.29. The Hall–Kier alpha value is -2.45. The molecule has 1 aromatic heterocycles. The van der Waals surface area contributed by atoms with Crippen LogP contribution in [0.5, 0.6) is 0 Å². The molecule has 4 unspecified atom stereocenters. The number of H-pyrrole nitrogens is 1. The third-order valence-electron chi connectivity index (χ3n) is 6.36. The second-order valence-electron chi connectivity index (χ2n) is 8.86. The molecule has 1 aliphatic carbocycles. The Morgan fingerprint density at radius 3 is 2.65 bits per heavy atom. The highest BCUT2D eigenvalue weighted by Crippen LogP contribution is 2.47. The van der Waals surface area contributed by atoms with Gasteiger partial charge in [0.25, 0.3) is 5.91 Å². The quantitative estimate of drug-likeness (QED) is 0.327. The number of rotatable bonds is 7. The van der Waals surface area contributed by atoms with Crippen LogP contribution in [0, 0.1) is 29.3 Å². The first-order chi connectivity index (χ1) is 16.2. The Kier molecular flexibility index (Phi) is 7.57. The predicted octanol–water partition coefficient (Wildman–Crippen LogP) is 7.43. The number of nitrogens with one attached hydrogen (secondary N) is 2. The van der Waals surface area contributed by atoms with Crippen molar-refractivity contribution in [1.29, 1.82) is 0 Å². The van der Waals surface area contributed by atoms with E-state index in [0.717, 1.165) is 42.1 Å². The summed E-state index contributed by atoms with van der Waals surface area (Å²) in [4.78, 5) is 21.1. The highest BCUT2D eigenvalue weighted by atomic mass is 35.5. The Morgan fingerprint density at radius 2 is 1.97 bits per heavy atom. The van der Waals surface area contributed by atoms with Gasteiger partial charge in [-0.25, -0.2) is 18.2 Å². The highest BCUT2D eigenvalue weighted by Gasteiger charge is 2.35. The van der Waals surface area contributed by atoms with Crippen molar-refractivity contribution in [3.8, 4) is 0 Å². The topological polar surface area (TPSA) is 57.8 Å². The largest absolute Gasteiger partial charge is 0.348 e. The van der Waals surface area contributed by atoms with Crippen molar-refractivity contribution >= 4 is 35.0 Å². The number of anilines is 1. The number of amides is 1. The van der Waals surface area contributed by atoms with E-state index >= 15 is 0 Å². The molecule has 1 heterocycles. The van der Waals surface area contributed by atoms with Gasteiger partial charge in [0, 0.05) is 51.8 Å². The molecule has 1 aliphatic rings. The number of aromatic amines is 1. The number of hydrogen-bond donors (Lipinski definition) is 2. The molecule has 4 rings (SSSR count). The van der Waals surface area contributed by atoms with Crippen LogP contribution in [0.4, 0.5) is 18.9 Å². The van der Waals surface area contributed by atoms with E-state index in [1.165, 1.54) is 0 Å². The fourth-order valence-electron chi connectivity index (χ4n) is 4.56. The first-order valence-corrected chi connectivity index (χ1v) is 12.4. The first-order valence-electron chi connectivity index (χ1n) is 11.1. The molecular formula is C25H25ClF3N3OS. The number of carbonyl (C=O) groups is 1. The number of halogens is 4. The average Bonchev–Trinajstić information content (AvgIpc) is 3.45. The van der Waals surface area contributed by atoms with Gasteiger partial charge in [-0.15, -0.1) is 11.8 Å². The zero-order valence-electron chi connectivity index (χ0n) is 18.7. The fraction of sp³-hybridized carbons (Fsp3) is 0.360. The molecule has 9 heteroatoms. The van der Waals surface area contributed by atoms with E-state index in [-0.39, 0.29) is 5.69 Å². The maximum Gasteiger partial charge on any atom is 0.255 e. The van der Waals surface area contributed by atoms with Gasteiger partial charge in [0.2, 0.25) is 0 Å². The maximum absolute atomic E-state index is 13.5. The normalized spacial score (nSPS) is 20.9. The highest BCUT2D eigenvalue weighted by molar-refractivity contribution is 8.00. The summed E-state index contributed by atoms with van der Waals surface area (Å²) in [5, 5.41) is 3.28. The lowest BCUT2D eigenvalue weighted by molar-refractivity contribution is 0.102. The third-order valence-corrected chi connectivity index (χ3v) is 8.51. The minimum atomic E-state index is -1.58. The second-order valence-corrected chi connectivity index (χ2v) is 10.5. The summed E-state index contributed by atoms with van der Waals surface area (Å²) < 4.78 is 40.2. The van der Waals surface area contributed by atoms with Gasteiger partial charge in [-0.2, -0.15) is 0 Å². The summed E-state index contributed by atoms with van der Waals surface area (Å²) in [6.45, 7) is 4.40. The molecule has 1 saturated carbocycles. The van der Waals surface area contributed by atoms with Crippen LogP contribution in [0.15, 0.2) is 47.6 Å². The molecular weight excluding hydrogens is 483 g/mol. The van der Waals surface area contributed by atoms with Crippen molar-refractivity contribution < 1.29 is 18.0 Å². The van der Waals surface area contributed by atoms with Gasteiger partial charge < -0.3 is 10.3 Å².